The molecule has 0 bridgehead atoms. The number of nitrogens with one attached hydrogen (secondary N) is 1. The molecule has 0 saturated carbocycles. The number of likely N-dealkylation sites (N-methyl/N-ethyl adjacent to an activating group) is 1. The lowest BCUT2D eigenvalue weighted by Crippen LogP contribution is -2.19. The Kier molecular flexibility index (Phi) is 4.50. The van der Waals surface area contributed by atoms with Crippen LogP contribution >= 0.6 is 22.6 Å². The van der Waals surface area contributed by atoms with Crippen molar-refractivity contribution in [2.24, 2.45) is 0 Å². The minimum atomic E-state index is 0.340. The Morgan fingerprint density at radius 1 is 1.24 bits per heavy atom. The van der Waals surface area contributed by atoms with E-state index in [-0.39, 0.29) is 0 Å². The Balaban J connectivity index is 2.21. The molecule has 0 radical (unpaired) electrons. The summed E-state index contributed by atoms with van der Waals surface area (Å²) in [7, 11) is 2.00. The molecule has 2 aromatic rings. The van der Waals surface area contributed by atoms with Gasteiger partial charge in [0.1, 0.15) is 0 Å². The fourth-order valence-corrected chi connectivity index (χ4v) is 2.64. The van der Waals surface area contributed by atoms with Crippen LogP contribution in [0.3, 0.4) is 0 Å². The van der Waals surface area contributed by atoms with Crippen LogP contribution in [0.15, 0.2) is 48.8 Å². The van der Waals surface area contributed by atoms with E-state index >= 15 is 0 Å². The lowest BCUT2D eigenvalue weighted by molar-refractivity contribution is 0.588. The summed E-state index contributed by atoms with van der Waals surface area (Å²) in [4.78, 5) is 4.16. The van der Waals surface area contributed by atoms with Gasteiger partial charge in [-0.15, -0.1) is 0 Å². The topological polar surface area (TPSA) is 24.9 Å². The molecule has 0 fully saturated rings. The predicted octanol–water partition coefficient (Wildman–Crippen LogP) is 3.19. The van der Waals surface area contributed by atoms with Crippen LogP contribution in [-0.2, 0) is 6.42 Å². The summed E-state index contributed by atoms with van der Waals surface area (Å²) in [6, 6.07) is 12.9. The Labute approximate surface area is 116 Å². The second kappa shape index (κ2) is 6.12. The van der Waals surface area contributed by atoms with Crippen LogP contribution in [0, 0.1) is 3.57 Å². The number of aromatic nitrogens is 1. The van der Waals surface area contributed by atoms with Crippen LogP contribution in [0.25, 0.3) is 0 Å². The van der Waals surface area contributed by atoms with Gasteiger partial charge in [-0.1, -0.05) is 24.3 Å². The normalized spacial score (nSPS) is 12.4. The fourth-order valence-electron chi connectivity index (χ4n) is 1.88. The first-order valence-electron chi connectivity index (χ1n) is 5.62. The average molecular weight is 338 g/mol. The highest BCUT2D eigenvalue weighted by atomic mass is 127. The number of halogens is 1. The Morgan fingerprint density at radius 3 is 2.71 bits per heavy atom. The van der Waals surface area contributed by atoms with Crippen molar-refractivity contribution in [1.29, 1.82) is 0 Å². The highest BCUT2D eigenvalue weighted by molar-refractivity contribution is 14.1. The standard InChI is InChI=1S/C14H15IN2/c1-16-14(9-11-5-4-8-17-10-11)12-6-2-3-7-13(12)15/h2-8,10,14,16H,9H2,1H3. The van der Waals surface area contributed by atoms with Crippen molar-refractivity contribution in [3.05, 3.63) is 63.5 Å². The highest BCUT2D eigenvalue weighted by Gasteiger charge is 2.12. The molecule has 0 aliphatic heterocycles. The molecule has 0 aliphatic carbocycles. The van der Waals surface area contributed by atoms with Gasteiger partial charge < -0.3 is 5.32 Å². The number of hydrogen-bond donors (Lipinski definition) is 1. The lowest BCUT2D eigenvalue weighted by atomic mass is 10.0. The molecule has 1 aromatic heterocycles. The van der Waals surface area contributed by atoms with E-state index < -0.39 is 0 Å². The van der Waals surface area contributed by atoms with Crippen molar-refractivity contribution in [2.75, 3.05) is 7.05 Å². The minimum absolute atomic E-state index is 0.340. The molecule has 3 heteroatoms. The molecular formula is C14H15IN2. The SMILES string of the molecule is CNC(Cc1cccnc1)c1ccccc1I. The van der Waals surface area contributed by atoms with Gasteiger partial charge in [-0.2, -0.15) is 0 Å². The number of nitrogens with zero attached hydrogens (tertiary/aromatic N) is 1. The third-order valence-corrected chi connectivity index (χ3v) is 3.77. The van der Waals surface area contributed by atoms with Crippen LogP contribution < -0.4 is 5.32 Å². The molecule has 0 amide bonds. The zero-order valence-electron chi connectivity index (χ0n) is 9.73. The molecule has 0 saturated heterocycles. The van der Waals surface area contributed by atoms with Crippen LogP contribution in [0.4, 0.5) is 0 Å². The summed E-state index contributed by atoms with van der Waals surface area (Å²) in [5.41, 5.74) is 2.60. The molecular weight excluding hydrogens is 323 g/mol. The van der Waals surface area contributed by atoms with Crippen LogP contribution in [-0.4, -0.2) is 12.0 Å². The van der Waals surface area contributed by atoms with Gasteiger partial charge in [-0.3, -0.25) is 4.98 Å². The van der Waals surface area contributed by atoms with Crippen molar-refractivity contribution in [2.45, 2.75) is 12.5 Å². The van der Waals surface area contributed by atoms with E-state index in [4.69, 9.17) is 0 Å². The average Bonchev–Trinajstić information content (AvgIpc) is 2.38. The van der Waals surface area contributed by atoms with Crippen molar-refractivity contribution >= 4 is 22.6 Å². The summed E-state index contributed by atoms with van der Waals surface area (Å²) in [5, 5.41) is 3.38. The molecule has 17 heavy (non-hydrogen) atoms. The minimum Gasteiger partial charge on any atom is -0.313 e. The van der Waals surface area contributed by atoms with E-state index in [0.29, 0.717) is 6.04 Å². The first-order valence-corrected chi connectivity index (χ1v) is 6.69. The third-order valence-electron chi connectivity index (χ3n) is 2.79. The summed E-state index contributed by atoms with van der Waals surface area (Å²) < 4.78 is 1.30. The monoisotopic (exact) mass is 338 g/mol. The zero-order chi connectivity index (χ0) is 12.1. The maximum Gasteiger partial charge on any atom is 0.0369 e. The quantitative estimate of drug-likeness (QED) is 0.866. The summed E-state index contributed by atoms with van der Waals surface area (Å²) in [6.45, 7) is 0. The summed E-state index contributed by atoms with van der Waals surface area (Å²) in [5.74, 6) is 0. The van der Waals surface area contributed by atoms with Gasteiger partial charge in [0.15, 0.2) is 0 Å². The molecule has 1 atom stereocenters. The lowest BCUT2D eigenvalue weighted by Gasteiger charge is -2.18. The van der Waals surface area contributed by atoms with Gasteiger partial charge in [0.25, 0.3) is 0 Å². The van der Waals surface area contributed by atoms with E-state index in [1.165, 1.54) is 14.7 Å². The van der Waals surface area contributed by atoms with Gasteiger partial charge in [-0.05, 0) is 59.3 Å². The fraction of sp³-hybridized carbons (Fsp3) is 0.214. The molecule has 1 heterocycles. The zero-order valence-corrected chi connectivity index (χ0v) is 11.9. The summed E-state index contributed by atoms with van der Waals surface area (Å²) in [6.07, 6.45) is 4.70. The van der Waals surface area contributed by atoms with Gasteiger partial charge in [0.2, 0.25) is 0 Å². The van der Waals surface area contributed by atoms with Gasteiger partial charge in [0, 0.05) is 22.0 Å². The van der Waals surface area contributed by atoms with Crippen molar-refractivity contribution in [1.82, 2.24) is 10.3 Å². The Morgan fingerprint density at radius 2 is 2.06 bits per heavy atom. The molecule has 1 N–H and O–H groups in total. The van der Waals surface area contributed by atoms with Gasteiger partial charge >= 0.3 is 0 Å². The van der Waals surface area contributed by atoms with Gasteiger partial charge in [-0.25, -0.2) is 0 Å². The maximum absolute atomic E-state index is 4.16. The second-order valence-corrected chi connectivity index (χ2v) is 5.09. The van der Waals surface area contributed by atoms with Crippen molar-refractivity contribution in [3.8, 4) is 0 Å². The first-order chi connectivity index (χ1) is 8.31. The van der Waals surface area contributed by atoms with E-state index in [1.54, 1.807) is 0 Å². The van der Waals surface area contributed by atoms with Crippen LogP contribution in [0.5, 0.6) is 0 Å². The molecule has 1 unspecified atom stereocenters. The Bertz CT molecular complexity index is 471. The highest BCUT2D eigenvalue weighted by Crippen LogP contribution is 2.22. The molecule has 0 aliphatic rings. The number of benzene rings is 1. The van der Waals surface area contributed by atoms with Gasteiger partial charge in [0.05, 0.1) is 0 Å². The number of pyridine rings is 1. The summed E-state index contributed by atoms with van der Waals surface area (Å²) >= 11 is 2.39. The third kappa shape index (κ3) is 3.26. The predicted molar refractivity (Wildman–Crippen MR) is 78.9 cm³/mol. The first kappa shape index (κ1) is 12.5. The van der Waals surface area contributed by atoms with Crippen molar-refractivity contribution < 1.29 is 0 Å². The van der Waals surface area contributed by atoms with E-state index in [0.717, 1.165) is 6.42 Å². The Hall–Kier alpha value is -0.940. The van der Waals surface area contributed by atoms with Crippen LogP contribution in [0.2, 0.25) is 0 Å². The van der Waals surface area contributed by atoms with E-state index in [2.05, 4.69) is 63.2 Å². The maximum atomic E-state index is 4.16. The van der Waals surface area contributed by atoms with Crippen LogP contribution in [0.1, 0.15) is 17.2 Å². The second-order valence-electron chi connectivity index (χ2n) is 3.93. The van der Waals surface area contributed by atoms with E-state index in [9.17, 15) is 0 Å². The van der Waals surface area contributed by atoms with Crippen molar-refractivity contribution in [3.63, 3.8) is 0 Å². The molecule has 2 nitrogen and oxygen atoms in total. The smallest absolute Gasteiger partial charge is 0.0369 e. The molecule has 0 spiro atoms. The number of hydrogen-bond acceptors (Lipinski definition) is 2. The largest absolute Gasteiger partial charge is 0.313 e. The molecule has 2 rings (SSSR count). The molecule has 88 valence electrons. The molecule has 1 aromatic carbocycles. The number of rotatable bonds is 4. The van der Waals surface area contributed by atoms with E-state index in [1.807, 2.05) is 25.5 Å².